The maximum atomic E-state index is 11.8. The van der Waals surface area contributed by atoms with Crippen LogP contribution in [0.15, 0.2) is 24.3 Å². The zero-order valence-electron chi connectivity index (χ0n) is 15.8. The van der Waals surface area contributed by atoms with Crippen molar-refractivity contribution in [3.8, 4) is 5.75 Å². The van der Waals surface area contributed by atoms with Gasteiger partial charge in [0, 0.05) is 12.3 Å². The molecule has 0 N–H and O–H groups in total. The van der Waals surface area contributed by atoms with Crippen molar-refractivity contribution in [3.05, 3.63) is 29.8 Å². The fourth-order valence-electron chi connectivity index (χ4n) is 3.51. The van der Waals surface area contributed by atoms with Gasteiger partial charge in [-0.25, -0.2) is 0 Å². The van der Waals surface area contributed by atoms with Crippen LogP contribution in [0.2, 0.25) is 0 Å². The highest BCUT2D eigenvalue weighted by Gasteiger charge is 2.34. The van der Waals surface area contributed by atoms with Gasteiger partial charge in [-0.1, -0.05) is 51.8 Å². The summed E-state index contributed by atoms with van der Waals surface area (Å²) in [6.07, 6.45) is 4.43. The number of carbonyl (C=O) groups excluding carboxylic acids is 1. The molecule has 1 fully saturated rings. The molecule has 1 aromatic rings. The molecule has 1 aliphatic rings. The molecule has 2 nitrogen and oxygen atoms in total. The summed E-state index contributed by atoms with van der Waals surface area (Å²) in [5, 5.41) is 0. The Morgan fingerprint density at radius 1 is 1.22 bits per heavy atom. The summed E-state index contributed by atoms with van der Waals surface area (Å²) in [4.78, 5) is 11.8. The molecule has 0 radical (unpaired) electrons. The van der Waals surface area contributed by atoms with E-state index in [2.05, 4.69) is 27.7 Å². The molecule has 0 amide bonds. The van der Waals surface area contributed by atoms with Gasteiger partial charge >= 0.3 is 0 Å². The van der Waals surface area contributed by atoms with Gasteiger partial charge in [-0.05, 0) is 49.7 Å². The zero-order valence-corrected chi connectivity index (χ0v) is 15.8. The van der Waals surface area contributed by atoms with E-state index < -0.39 is 0 Å². The molecule has 0 unspecified atom stereocenters. The highest BCUT2D eigenvalue weighted by Crippen LogP contribution is 2.38. The van der Waals surface area contributed by atoms with Gasteiger partial charge in [0.2, 0.25) is 0 Å². The number of hydrogen-bond acceptors (Lipinski definition) is 2. The fourth-order valence-corrected chi connectivity index (χ4v) is 3.51. The second-order valence-corrected chi connectivity index (χ2v) is 7.27. The summed E-state index contributed by atoms with van der Waals surface area (Å²) in [7, 11) is 1.67. The molecule has 1 aromatic carbocycles. The Hall–Kier alpha value is -1.31. The molecule has 0 spiro atoms. The van der Waals surface area contributed by atoms with Gasteiger partial charge in [0.25, 0.3) is 0 Å². The van der Waals surface area contributed by atoms with Gasteiger partial charge < -0.3 is 4.74 Å². The lowest BCUT2D eigenvalue weighted by Gasteiger charge is -2.36. The third kappa shape index (κ3) is 6.37. The lowest BCUT2D eigenvalue weighted by Crippen LogP contribution is -2.32. The minimum Gasteiger partial charge on any atom is -0.497 e. The monoisotopic (exact) mass is 318 g/mol. The van der Waals surface area contributed by atoms with Crippen LogP contribution in [0.25, 0.3) is 0 Å². The van der Waals surface area contributed by atoms with Crippen molar-refractivity contribution < 1.29 is 9.53 Å². The van der Waals surface area contributed by atoms with Crippen LogP contribution in [0, 0.1) is 30.6 Å². The Kier molecular flexibility index (Phi) is 8.36. The highest BCUT2D eigenvalue weighted by atomic mass is 16.5. The summed E-state index contributed by atoms with van der Waals surface area (Å²) in [6, 6.07) is 7.96. The topological polar surface area (TPSA) is 26.3 Å². The first-order valence-corrected chi connectivity index (χ1v) is 9.02. The number of aryl methyl sites for hydroxylation is 1. The van der Waals surface area contributed by atoms with E-state index in [9.17, 15) is 4.79 Å². The van der Waals surface area contributed by atoms with Crippen molar-refractivity contribution >= 4 is 5.78 Å². The van der Waals surface area contributed by atoms with Gasteiger partial charge in [-0.3, -0.25) is 4.79 Å². The van der Waals surface area contributed by atoms with Gasteiger partial charge in [-0.2, -0.15) is 0 Å². The molecule has 0 aromatic heterocycles. The molecule has 23 heavy (non-hydrogen) atoms. The van der Waals surface area contributed by atoms with Crippen molar-refractivity contribution in [2.75, 3.05) is 7.11 Å². The van der Waals surface area contributed by atoms with E-state index in [4.69, 9.17) is 4.74 Å². The van der Waals surface area contributed by atoms with Crippen molar-refractivity contribution in [3.63, 3.8) is 0 Å². The molecular formula is C21H34O2. The number of methoxy groups -OCH3 is 1. The Morgan fingerprint density at radius 3 is 2.30 bits per heavy atom. The van der Waals surface area contributed by atoms with Crippen LogP contribution in [-0.2, 0) is 4.79 Å². The average Bonchev–Trinajstić information content (AvgIpc) is 2.55. The predicted molar refractivity (Wildman–Crippen MR) is 97.9 cm³/mol. The van der Waals surface area contributed by atoms with Crippen LogP contribution in [-0.4, -0.2) is 12.9 Å². The van der Waals surface area contributed by atoms with Gasteiger partial charge in [0.05, 0.1) is 7.11 Å². The van der Waals surface area contributed by atoms with E-state index in [0.717, 1.165) is 24.5 Å². The van der Waals surface area contributed by atoms with Crippen LogP contribution in [0.4, 0.5) is 0 Å². The third-order valence-corrected chi connectivity index (χ3v) is 5.04. The lowest BCUT2D eigenvalue weighted by molar-refractivity contribution is -0.126. The number of benzene rings is 1. The van der Waals surface area contributed by atoms with Crippen LogP contribution in [0.3, 0.4) is 0 Å². The molecular weight excluding hydrogens is 284 g/mol. The number of ketones is 1. The van der Waals surface area contributed by atoms with E-state index in [1.165, 1.54) is 18.4 Å². The van der Waals surface area contributed by atoms with Crippen molar-refractivity contribution in [2.45, 2.75) is 60.3 Å². The first kappa shape index (κ1) is 19.7. The maximum absolute atomic E-state index is 11.8. The second kappa shape index (κ2) is 9.75. The first-order chi connectivity index (χ1) is 10.9. The SMILES string of the molecule is CCC(=O)[C@@H]1C[C@H](C)CC[C@H]1C(C)C.COc1ccc(C)cc1. The Labute approximate surface area is 142 Å². The Bertz CT molecular complexity index is 461. The minimum atomic E-state index is 0.365. The van der Waals surface area contributed by atoms with E-state index in [0.29, 0.717) is 23.5 Å². The molecule has 0 heterocycles. The molecule has 1 aliphatic carbocycles. The van der Waals surface area contributed by atoms with Crippen LogP contribution in [0.5, 0.6) is 5.75 Å². The number of rotatable bonds is 4. The second-order valence-electron chi connectivity index (χ2n) is 7.27. The molecule has 1 saturated carbocycles. The van der Waals surface area contributed by atoms with Gasteiger partial charge in [0.1, 0.15) is 11.5 Å². The van der Waals surface area contributed by atoms with Crippen LogP contribution < -0.4 is 4.74 Å². The van der Waals surface area contributed by atoms with Gasteiger partial charge in [0.15, 0.2) is 0 Å². The fraction of sp³-hybridized carbons (Fsp3) is 0.667. The predicted octanol–water partition coefficient (Wildman–Crippen LogP) is 5.68. The molecule has 3 atom stereocenters. The van der Waals surface area contributed by atoms with E-state index in [-0.39, 0.29) is 0 Å². The Balaban J connectivity index is 0.000000253. The van der Waals surface area contributed by atoms with Crippen molar-refractivity contribution in [1.82, 2.24) is 0 Å². The molecule has 2 rings (SSSR count). The highest BCUT2D eigenvalue weighted by molar-refractivity contribution is 5.81. The summed E-state index contributed by atoms with van der Waals surface area (Å²) in [6.45, 7) is 10.9. The summed E-state index contributed by atoms with van der Waals surface area (Å²) >= 11 is 0. The number of Topliss-reactive ketones (excluding diaryl/α,β-unsaturated/α-hetero) is 1. The van der Waals surface area contributed by atoms with E-state index >= 15 is 0 Å². The van der Waals surface area contributed by atoms with Crippen LogP contribution in [0.1, 0.15) is 58.9 Å². The van der Waals surface area contributed by atoms with Crippen molar-refractivity contribution in [2.24, 2.45) is 23.7 Å². The molecule has 0 aliphatic heterocycles. The van der Waals surface area contributed by atoms with Crippen molar-refractivity contribution in [1.29, 1.82) is 0 Å². The maximum Gasteiger partial charge on any atom is 0.135 e. The minimum absolute atomic E-state index is 0.365. The van der Waals surface area contributed by atoms with E-state index in [1.807, 2.05) is 31.2 Å². The summed E-state index contributed by atoms with van der Waals surface area (Å²) in [5.41, 5.74) is 1.26. The summed E-state index contributed by atoms with van der Waals surface area (Å²) < 4.78 is 4.97. The largest absolute Gasteiger partial charge is 0.497 e. The standard InChI is InChI=1S/C13H24O.C8H10O/c1-5-13(14)12-8-10(4)6-7-11(12)9(2)3;1-7-3-5-8(9-2)6-4-7/h9-12H,5-8H2,1-4H3;3-6H,1-2H3/t10-,11+,12-;/m1./s1. The quantitative estimate of drug-likeness (QED) is 0.714. The first-order valence-electron chi connectivity index (χ1n) is 9.02. The Morgan fingerprint density at radius 2 is 1.83 bits per heavy atom. The summed E-state index contributed by atoms with van der Waals surface area (Å²) in [5.74, 6) is 3.85. The molecule has 0 bridgehead atoms. The molecule has 130 valence electrons. The zero-order chi connectivity index (χ0) is 17.4. The number of ether oxygens (including phenoxy) is 1. The van der Waals surface area contributed by atoms with E-state index in [1.54, 1.807) is 7.11 Å². The lowest BCUT2D eigenvalue weighted by atomic mass is 9.68. The molecule has 2 heteroatoms. The normalized spacial score (nSPS) is 23.9. The average molecular weight is 319 g/mol. The number of carbonyl (C=O) groups is 1. The van der Waals surface area contributed by atoms with Crippen LogP contribution >= 0.6 is 0 Å². The smallest absolute Gasteiger partial charge is 0.135 e. The van der Waals surface area contributed by atoms with Gasteiger partial charge in [-0.15, -0.1) is 0 Å². The molecule has 0 saturated heterocycles. The number of hydrogen-bond donors (Lipinski definition) is 0. The third-order valence-electron chi connectivity index (χ3n) is 5.04.